The largest absolute Gasteiger partial charge is 0.467 e. The lowest BCUT2D eigenvalue weighted by molar-refractivity contribution is 0.102. The fourth-order valence-electron chi connectivity index (χ4n) is 3.11. The highest BCUT2D eigenvalue weighted by molar-refractivity contribution is 6.05. The van der Waals surface area contributed by atoms with Crippen LogP contribution in [0.5, 0.6) is 0 Å². The number of aromatic nitrogens is 1. The molecular formula is C21H22N4O3. The molecule has 0 unspecified atom stereocenters. The first-order valence-corrected chi connectivity index (χ1v) is 9.25. The zero-order valence-corrected chi connectivity index (χ0v) is 15.4. The maximum Gasteiger partial charge on any atom is 0.274 e. The predicted molar refractivity (Wildman–Crippen MR) is 108 cm³/mol. The molecule has 0 bridgehead atoms. The highest BCUT2D eigenvalue weighted by Crippen LogP contribution is 2.26. The number of rotatable bonds is 6. The molecule has 1 aromatic carbocycles. The van der Waals surface area contributed by atoms with Crippen LogP contribution in [0.1, 0.15) is 16.2 Å². The minimum Gasteiger partial charge on any atom is -0.467 e. The summed E-state index contributed by atoms with van der Waals surface area (Å²) in [6, 6.07) is 15.1. The maximum atomic E-state index is 12.8. The minimum absolute atomic E-state index is 0.248. The summed E-state index contributed by atoms with van der Waals surface area (Å²) in [5, 5.41) is 6.22. The van der Waals surface area contributed by atoms with E-state index in [9.17, 15) is 4.79 Å². The topological polar surface area (TPSA) is 79.6 Å². The number of furan rings is 1. The zero-order valence-electron chi connectivity index (χ0n) is 15.4. The van der Waals surface area contributed by atoms with Gasteiger partial charge in [0.2, 0.25) is 0 Å². The number of para-hydroxylation sites is 2. The van der Waals surface area contributed by atoms with Crippen molar-refractivity contribution in [3.05, 3.63) is 72.4 Å². The molecule has 1 amide bonds. The summed E-state index contributed by atoms with van der Waals surface area (Å²) in [6.45, 7) is 3.52. The van der Waals surface area contributed by atoms with Gasteiger partial charge in [-0.3, -0.25) is 9.78 Å². The number of benzene rings is 1. The van der Waals surface area contributed by atoms with Crippen molar-refractivity contribution >= 4 is 23.0 Å². The number of ether oxygens (including phenoxy) is 1. The van der Waals surface area contributed by atoms with Crippen molar-refractivity contribution in [3.63, 3.8) is 0 Å². The van der Waals surface area contributed by atoms with E-state index in [2.05, 4.69) is 20.5 Å². The Bertz CT molecular complexity index is 921. The Labute approximate surface area is 163 Å². The van der Waals surface area contributed by atoms with E-state index in [0.717, 1.165) is 35.9 Å². The lowest BCUT2D eigenvalue weighted by Gasteiger charge is -2.30. The van der Waals surface area contributed by atoms with Crippen molar-refractivity contribution in [1.82, 2.24) is 4.98 Å². The summed E-state index contributed by atoms with van der Waals surface area (Å²) in [5.41, 5.74) is 2.91. The first kappa shape index (κ1) is 18.1. The normalized spacial score (nSPS) is 13.9. The third-order valence-corrected chi connectivity index (χ3v) is 4.54. The van der Waals surface area contributed by atoms with Gasteiger partial charge in [0.25, 0.3) is 5.91 Å². The highest BCUT2D eigenvalue weighted by Gasteiger charge is 2.17. The second-order valence-corrected chi connectivity index (χ2v) is 6.43. The van der Waals surface area contributed by atoms with Gasteiger partial charge in [-0.15, -0.1) is 0 Å². The SMILES string of the molecule is O=C(Nc1ccccc1N1CCOCC1)c1cc(NCc2ccco2)ccn1. The van der Waals surface area contributed by atoms with E-state index in [1.165, 1.54) is 0 Å². The van der Waals surface area contributed by atoms with Gasteiger partial charge in [-0.1, -0.05) is 12.1 Å². The number of carbonyl (C=O) groups is 1. The Kier molecular flexibility index (Phi) is 5.53. The van der Waals surface area contributed by atoms with Crippen molar-refractivity contribution < 1.29 is 13.9 Å². The number of amides is 1. The van der Waals surface area contributed by atoms with Crippen molar-refractivity contribution in [2.45, 2.75) is 6.54 Å². The van der Waals surface area contributed by atoms with Crippen molar-refractivity contribution in [3.8, 4) is 0 Å². The first-order valence-electron chi connectivity index (χ1n) is 9.25. The highest BCUT2D eigenvalue weighted by atomic mass is 16.5. The van der Waals surface area contributed by atoms with Crippen LogP contribution in [0.3, 0.4) is 0 Å². The molecule has 144 valence electrons. The average molecular weight is 378 g/mol. The second kappa shape index (κ2) is 8.58. The molecule has 2 aromatic heterocycles. The Morgan fingerprint density at radius 2 is 1.96 bits per heavy atom. The van der Waals surface area contributed by atoms with Crippen LogP contribution in [0, 0.1) is 0 Å². The van der Waals surface area contributed by atoms with Gasteiger partial charge in [0.05, 0.1) is 37.4 Å². The van der Waals surface area contributed by atoms with Crippen LogP contribution >= 0.6 is 0 Å². The molecule has 28 heavy (non-hydrogen) atoms. The molecule has 4 rings (SSSR count). The molecule has 0 atom stereocenters. The molecule has 7 heteroatoms. The summed E-state index contributed by atoms with van der Waals surface area (Å²) in [4.78, 5) is 19.2. The molecule has 7 nitrogen and oxygen atoms in total. The molecule has 0 spiro atoms. The van der Waals surface area contributed by atoms with Gasteiger partial charge in [-0.05, 0) is 36.4 Å². The molecular weight excluding hydrogens is 356 g/mol. The molecule has 1 aliphatic rings. The molecule has 1 fully saturated rings. The predicted octanol–water partition coefficient (Wildman–Crippen LogP) is 3.38. The molecule has 0 radical (unpaired) electrons. The van der Waals surface area contributed by atoms with Crippen LogP contribution in [0.4, 0.5) is 17.1 Å². The molecule has 1 aliphatic heterocycles. The van der Waals surface area contributed by atoms with Gasteiger partial charge >= 0.3 is 0 Å². The Morgan fingerprint density at radius 3 is 2.79 bits per heavy atom. The summed E-state index contributed by atoms with van der Waals surface area (Å²) < 4.78 is 10.7. The number of hydrogen-bond donors (Lipinski definition) is 2. The quantitative estimate of drug-likeness (QED) is 0.685. The van der Waals surface area contributed by atoms with E-state index in [1.807, 2.05) is 42.5 Å². The molecule has 2 N–H and O–H groups in total. The van der Waals surface area contributed by atoms with Crippen molar-refractivity contribution in [2.75, 3.05) is 41.8 Å². The number of anilines is 3. The third kappa shape index (κ3) is 4.32. The Hall–Kier alpha value is -3.32. The lowest BCUT2D eigenvalue weighted by Crippen LogP contribution is -2.36. The van der Waals surface area contributed by atoms with Crippen LogP contribution in [0.25, 0.3) is 0 Å². The van der Waals surface area contributed by atoms with Gasteiger partial charge in [-0.2, -0.15) is 0 Å². The van der Waals surface area contributed by atoms with Crippen molar-refractivity contribution in [1.29, 1.82) is 0 Å². The molecule has 3 heterocycles. The van der Waals surface area contributed by atoms with Gasteiger partial charge in [-0.25, -0.2) is 0 Å². The van der Waals surface area contributed by atoms with E-state index in [4.69, 9.17) is 9.15 Å². The van der Waals surface area contributed by atoms with Crippen LogP contribution < -0.4 is 15.5 Å². The van der Waals surface area contributed by atoms with Gasteiger partial charge in [0.1, 0.15) is 11.5 Å². The molecule has 0 aliphatic carbocycles. The minimum atomic E-state index is -0.248. The third-order valence-electron chi connectivity index (χ3n) is 4.54. The van der Waals surface area contributed by atoms with E-state index >= 15 is 0 Å². The van der Waals surface area contributed by atoms with Crippen LogP contribution in [0.2, 0.25) is 0 Å². The van der Waals surface area contributed by atoms with Crippen LogP contribution in [-0.4, -0.2) is 37.2 Å². The fourth-order valence-corrected chi connectivity index (χ4v) is 3.11. The summed E-state index contributed by atoms with van der Waals surface area (Å²) >= 11 is 0. The van der Waals surface area contributed by atoms with Crippen LogP contribution in [-0.2, 0) is 11.3 Å². The summed E-state index contributed by atoms with van der Waals surface area (Å²) in [5.74, 6) is 0.574. The number of morpholine rings is 1. The second-order valence-electron chi connectivity index (χ2n) is 6.43. The molecule has 1 saturated heterocycles. The Balaban J connectivity index is 1.46. The standard InChI is InChI=1S/C21H22N4O3/c26-21(19-14-16(7-8-22-19)23-15-17-4-3-11-28-17)24-18-5-1-2-6-20(18)25-9-12-27-13-10-25/h1-8,11,14H,9-10,12-13,15H2,(H,22,23)(H,24,26). The number of carbonyl (C=O) groups excluding carboxylic acids is 1. The maximum absolute atomic E-state index is 12.8. The Morgan fingerprint density at radius 1 is 1.11 bits per heavy atom. The van der Waals surface area contributed by atoms with Crippen LogP contribution in [0.15, 0.2) is 65.4 Å². The average Bonchev–Trinajstić information content (AvgIpc) is 3.27. The number of nitrogens with zero attached hydrogens (tertiary/aromatic N) is 2. The number of nitrogens with one attached hydrogen (secondary N) is 2. The van der Waals surface area contributed by atoms with Gasteiger partial charge in [0, 0.05) is 25.0 Å². The first-order chi connectivity index (χ1) is 13.8. The zero-order chi connectivity index (χ0) is 19.2. The van der Waals surface area contributed by atoms with Gasteiger partial charge in [0.15, 0.2) is 0 Å². The van der Waals surface area contributed by atoms with E-state index in [1.54, 1.807) is 18.5 Å². The smallest absolute Gasteiger partial charge is 0.274 e. The molecule has 3 aromatic rings. The number of pyridine rings is 1. The summed E-state index contributed by atoms with van der Waals surface area (Å²) in [7, 11) is 0. The summed E-state index contributed by atoms with van der Waals surface area (Å²) in [6.07, 6.45) is 3.25. The fraction of sp³-hybridized carbons (Fsp3) is 0.238. The molecule has 0 saturated carbocycles. The van der Waals surface area contributed by atoms with Gasteiger partial charge < -0.3 is 24.7 Å². The van der Waals surface area contributed by atoms with E-state index in [0.29, 0.717) is 25.5 Å². The lowest BCUT2D eigenvalue weighted by atomic mass is 10.2. The number of hydrogen-bond acceptors (Lipinski definition) is 6. The van der Waals surface area contributed by atoms with E-state index < -0.39 is 0 Å². The van der Waals surface area contributed by atoms with E-state index in [-0.39, 0.29) is 5.91 Å². The monoisotopic (exact) mass is 378 g/mol. The van der Waals surface area contributed by atoms with Crippen molar-refractivity contribution in [2.24, 2.45) is 0 Å².